The third-order valence-corrected chi connectivity index (χ3v) is 4.59. The number of hydrogen-bond donors (Lipinski definition) is 1. The van der Waals surface area contributed by atoms with Gasteiger partial charge in [0.1, 0.15) is 11.0 Å². The highest BCUT2D eigenvalue weighted by molar-refractivity contribution is 7.99. The van der Waals surface area contributed by atoms with Gasteiger partial charge in [-0.05, 0) is 43.2 Å². The molecule has 0 saturated carbocycles. The van der Waals surface area contributed by atoms with E-state index in [1.54, 1.807) is 31.2 Å². The average Bonchev–Trinajstić information content (AvgIpc) is 2.48. The van der Waals surface area contributed by atoms with Gasteiger partial charge in [0.2, 0.25) is 0 Å². The summed E-state index contributed by atoms with van der Waals surface area (Å²) in [6, 6.07) is 6.69. The van der Waals surface area contributed by atoms with Crippen LogP contribution in [-0.4, -0.2) is 22.7 Å². The fourth-order valence-electron chi connectivity index (χ4n) is 1.98. The summed E-state index contributed by atoms with van der Waals surface area (Å²) >= 11 is 6.46. The molecule has 2 N–H and O–H groups in total. The van der Waals surface area contributed by atoms with Crippen LogP contribution in [0, 0.1) is 13.8 Å². The number of pyridine rings is 1. The maximum Gasteiger partial charge on any atom is 0.398 e. The van der Waals surface area contributed by atoms with Crippen LogP contribution in [-0.2, 0) is 0 Å². The van der Waals surface area contributed by atoms with Gasteiger partial charge in [0.05, 0.1) is 11.4 Å². The van der Waals surface area contributed by atoms with Crippen molar-refractivity contribution in [3.63, 3.8) is 0 Å². The number of aryl methyl sites for hydroxylation is 2. The second-order valence-corrected chi connectivity index (χ2v) is 6.58. The van der Waals surface area contributed by atoms with Gasteiger partial charge in [-0.3, -0.25) is 0 Å². The lowest BCUT2D eigenvalue weighted by Gasteiger charge is -2.11. The van der Waals surface area contributed by atoms with Crippen molar-refractivity contribution in [2.24, 2.45) is 10.7 Å². The molecule has 0 aliphatic rings. The molecule has 0 amide bonds. The Morgan fingerprint density at radius 2 is 1.96 bits per heavy atom. The quantitative estimate of drug-likeness (QED) is 0.353. The molecule has 2 rings (SSSR count). The lowest BCUT2D eigenvalue weighted by Crippen LogP contribution is -2.13. The van der Waals surface area contributed by atoms with Gasteiger partial charge >= 0.3 is 6.18 Å². The first kappa shape index (κ1) is 18.6. The van der Waals surface area contributed by atoms with E-state index in [0.717, 1.165) is 22.9 Å². The third-order valence-electron chi connectivity index (χ3n) is 3.15. The van der Waals surface area contributed by atoms with E-state index in [1.165, 1.54) is 6.20 Å². The molecule has 0 aliphatic heterocycles. The molecule has 0 radical (unpaired) electrons. The molecule has 24 heavy (non-hydrogen) atoms. The van der Waals surface area contributed by atoms with Crippen molar-refractivity contribution in [3.8, 4) is 0 Å². The smallest absolute Gasteiger partial charge is 0.383 e. The summed E-state index contributed by atoms with van der Waals surface area (Å²) in [5, 5.41) is 0.337. The standard InChI is InChI=1S/C16H15ClF3N3S/c1-9-5-10(2)13(24-8-16(18,19)20)6-12(9)23-15(21)11-3-4-14(17)22-7-11/h3-7H,8H2,1-2H3,(H2,21,23). The van der Waals surface area contributed by atoms with Gasteiger partial charge in [-0.25, -0.2) is 9.98 Å². The van der Waals surface area contributed by atoms with Gasteiger partial charge in [-0.1, -0.05) is 17.7 Å². The van der Waals surface area contributed by atoms with E-state index in [-0.39, 0.29) is 5.84 Å². The van der Waals surface area contributed by atoms with Crippen LogP contribution in [0.15, 0.2) is 40.4 Å². The minimum atomic E-state index is -4.22. The topological polar surface area (TPSA) is 51.3 Å². The number of nitrogens with two attached hydrogens (primary N) is 1. The molecule has 2 aromatic rings. The van der Waals surface area contributed by atoms with Gasteiger partial charge in [-0.15, -0.1) is 11.8 Å². The molecule has 0 atom stereocenters. The Morgan fingerprint density at radius 3 is 2.54 bits per heavy atom. The van der Waals surface area contributed by atoms with Crippen LogP contribution in [0.1, 0.15) is 16.7 Å². The number of amidine groups is 1. The molecule has 0 saturated heterocycles. The molecule has 1 heterocycles. The Labute approximate surface area is 147 Å². The number of nitrogens with zero attached hydrogens (tertiary/aromatic N) is 2. The first-order valence-electron chi connectivity index (χ1n) is 6.92. The molecular weight excluding hydrogens is 359 g/mol. The zero-order valence-electron chi connectivity index (χ0n) is 13.0. The maximum absolute atomic E-state index is 12.4. The highest BCUT2D eigenvalue weighted by atomic mass is 35.5. The molecule has 1 aromatic heterocycles. The Morgan fingerprint density at radius 1 is 1.25 bits per heavy atom. The van der Waals surface area contributed by atoms with Gasteiger partial charge in [0.15, 0.2) is 0 Å². The number of alkyl halides is 3. The van der Waals surface area contributed by atoms with Crippen molar-refractivity contribution >= 4 is 34.9 Å². The number of aliphatic imine (C=N–C) groups is 1. The molecule has 0 aliphatic carbocycles. The second kappa shape index (κ2) is 7.44. The molecule has 0 unspecified atom stereocenters. The molecule has 0 bridgehead atoms. The SMILES string of the molecule is Cc1cc(C)c(SCC(F)(F)F)cc1/N=C(\N)c1ccc(Cl)nc1. The maximum atomic E-state index is 12.4. The van der Waals surface area contributed by atoms with Crippen molar-refractivity contribution in [3.05, 3.63) is 52.3 Å². The number of rotatable bonds is 4. The summed E-state index contributed by atoms with van der Waals surface area (Å²) in [6.45, 7) is 3.60. The van der Waals surface area contributed by atoms with E-state index in [9.17, 15) is 13.2 Å². The monoisotopic (exact) mass is 373 g/mol. The normalized spacial score (nSPS) is 12.5. The van der Waals surface area contributed by atoms with E-state index in [1.807, 2.05) is 6.92 Å². The number of halogens is 4. The average molecular weight is 374 g/mol. The summed E-state index contributed by atoms with van der Waals surface area (Å²) in [4.78, 5) is 8.78. The largest absolute Gasteiger partial charge is 0.398 e. The zero-order valence-corrected chi connectivity index (χ0v) is 14.6. The number of benzene rings is 1. The molecular formula is C16H15ClF3N3S. The zero-order chi connectivity index (χ0) is 17.9. The molecule has 1 aromatic carbocycles. The predicted octanol–water partition coefficient (Wildman–Crippen LogP) is 5.04. The number of aromatic nitrogens is 1. The van der Waals surface area contributed by atoms with E-state index >= 15 is 0 Å². The minimum absolute atomic E-state index is 0.220. The highest BCUT2D eigenvalue weighted by Crippen LogP contribution is 2.33. The fourth-order valence-corrected chi connectivity index (χ4v) is 2.89. The number of thioether (sulfide) groups is 1. The van der Waals surface area contributed by atoms with Gasteiger partial charge < -0.3 is 5.73 Å². The van der Waals surface area contributed by atoms with E-state index < -0.39 is 11.9 Å². The van der Waals surface area contributed by atoms with Crippen LogP contribution in [0.5, 0.6) is 0 Å². The van der Waals surface area contributed by atoms with E-state index in [4.69, 9.17) is 17.3 Å². The lowest BCUT2D eigenvalue weighted by atomic mass is 10.1. The predicted molar refractivity (Wildman–Crippen MR) is 92.3 cm³/mol. The van der Waals surface area contributed by atoms with Gasteiger partial charge in [0.25, 0.3) is 0 Å². The van der Waals surface area contributed by atoms with Crippen LogP contribution in [0.3, 0.4) is 0 Å². The van der Waals surface area contributed by atoms with Crippen LogP contribution >= 0.6 is 23.4 Å². The summed E-state index contributed by atoms with van der Waals surface area (Å²) in [5.74, 6) is -0.728. The summed E-state index contributed by atoms with van der Waals surface area (Å²) in [7, 11) is 0. The van der Waals surface area contributed by atoms with Crippen molar-refractivity contribution in [1.82, 2.24) is 4.98 Å². The molecule has 0 fully saturated rings. The summed E-state index contributed by atoms with van der Waals surface area (Å²) in [5.41, 5.74) is 8.67. The van der Waals surface area contributed by atoms with Crippen molar-refractivity contribution in [2.75, 3.05) is 5.75 Å². The van der Waals surface area contributed by atoms with Crippen molar-refractivity contribution in [1.29, 1.82) is 0 Å². The fraction of sp³-hybridized carbons (Fsp3) is 0.250. The molecule has 8 heteroatoms. The molecule has 0 spiro atoms. The van der Waals surface area contributed by atoms with Gasteiger partial charge in [0, 0.05) is 16.7 Å². The van der Waals surface area contributed by atoms with Crippen LogP contribution in [0.25, 0.3) is 0 Å². The Bertz CT molecular complexity index is 758. The highest BCUT2D eigenvalue weighted by Gasteiger charge is 2.27. The number of hydrogen-bond acceptors (Lipinski definition) is 3. The first-order valence-corrected chi connectivity index (χ1v) is 8.29. The van der Waals surface area contributed by atoms with Crippen LogP contribution in [0.4, 0.5) is 18.9 Å². The van der Waals surface area contributed by atoms with Crippen LogP contribution in [0.2, 0.25) is 5.15 Å². The molecule has 128 valence electrons. The first-order chi connectivity index (χ1) is 11.2. The summed E-state index contributed by atoms with van der Waals surface area (Å²) in [6.07, 6.45) is -2.73. The summed E-state index contributed by atoms with van der Waals surface area (Å²) < 4.78 is 37.3. The van der Waals surface area contributed by atoms with Crippen molar-refractivity contribution < 1.29 is 13.2 Å². The van der Waals surface area contributed by atoms with E-state index in [0.29, 0.717) is 21.3 Å². The Hall–Kier alpha value is -1.73. The molecule has 3 nitrogen and oxygen atoms in total. The van der Waals surface area contributed by atoms with Crippen molar-refractivity contribution in [2.45, 2.75) is 24.9 Å². The van der Waals surface area contributed by atoms with Crippen LogP contribution < -0.4 is 5.73 Å². The van der Waals surface area contributed by atoms with E-state index in [2.05, 4.69) is 9.98 Å². The Balaban J connectivity index is 2.32. The second-order valence-electron chi connectivity index (χ2n) is 5.17. The third kappa shape index (κ3) is 5.14. The van der Waals surface area contributed by atoms with Gasteiger partial charge in [-0.2, -0.15) is 13.2 Å². The Kier molecular flexibility index (Phi) is 5.77. The minimum Gasteiger partial charge on any atom is -0.383 e. The lowest BCUT2D eigenvalue weighted by molar-refractivity contribution is -0.105.